The summed E-state index contributed by atoms with van der Waals surface area (Å²) in [6.45, 7) is 6.38. The van der Waals surface area contributed by atoms with E-state index in [2.05, 4.69) is 10.6 Å². The third-order valence-corrected chi connectivity index (χ3v) is 7.13. The molecule has 0 unspecified atom stereocenters. The molecule has 0 fully saturated rings. The SMILES string of the molecule is COC(=O)C1=C(C)N(CCC2=CCCCC2)C(=O)/C1=C\c1cc(C)n(-c2ccccc2Cl)c1C. The van der Waals surface area contributed by atoms with Gasteiger partial charge in [-0.3, -0.25) is 4.79 Å². The maximum atomic E-state index is 13.5. The minimum atomic E-state index is -0.489. The molecule has 0 saturated heterocycles. The van der Waals surface area contributed by atoms with E-state index in [1.54, 1.807) is 4.90 Å². The molecule has 1 aromatic heterocycles. The molecule has 0 spiro atoms. The van der Waals surface area contributed by atoms with Gasteiger partial charge in [-0.05, 0) is 82.7 Å². The predicted octanol–water partition coefficient (Wildman–Crippen LogP) is 6.31. The van der Waals surface area contributed by atoms with Gasteiger partial charge in [0.1, 0.15) is 0 Å². The van der Waals surface area contributed by atoms with Crippen LogP contribution in [-0.4, -0.2) is 35.0 Å². The molecule has 1 amide bonds. The normalized spacial score (nSPS) is 17.6. The van der Waals surface area contributed by atoms with Crippen LogP contribution in [0.2, 0.25) is 5.02 Å². The number of benzene rings is 1. The van der Waals surface area contributed by atoms with Crippen molar-refractivity contribution in [1.82, 2.24) is 9.47 Å². The van der Waals surface area contributed by atoms with Crippen molar-refractivity contribution in [1.29, 1.82) is 0 Å². The molecule has 1 aliphatic carbocycles. The van der Waals surface area contributed by atoms with Crippen LogP contribution >= 0.6 is 11.6 Å². The van der Waals surface area contributed by atoms with Crippen LogP contribution in [0.1, 0.15) is 56.0 Å². The number of methoxy groups -OCH3 is 1. The maximum absolute atomic E-state index is 13.5. The second kappa shape index (κ2) is 10.1. The number of carbonyl (C=O) groups is 2. The fourth-order valence-corrected chi connectivity index (χ4v) is 5.20. The Labute approximate surface area is 206 Å². The van der Waals surface area contributed by atoms with Crippen molar-refractivity contribution in [3.05, 3.63) is 80.8 Å². The van der Waals surface area contributed by atoms with Crippen molar-refractivity contribution >= 4 is 29.6 Å². The molecule has 34 heavy (non-hydrogen) atoms. The van der Waals surface area contributed by atoms with E-state index in [1.807, 2.05) is 57.2 Å². The number of ether oxygens (including phenoxy) is 1. The summed E-state index contributed by atoms with van der Waals surface area (Å²) in [5.74, 6) is -0.645. The molecule has 2 aliphatic rings. The van der Waals surface area contributed by atoms with Crippen LogP contribution in [-0.2, 0) is 14.3 Å². The summed E-state index contributed by atoms with van der Waals surface area (Å²) in [4.78, 5) is 27.9. The lowest BCUT2D eigenvalue weighted by atomic mass is 9.97. The van der Waals surface area contributed by atoms with Gasteiger partial charge in [-0.2, -0.15) is 0 Å². The van der Waals surface area contributed by atoms with Gasteiger partial charge in [0.05, 0.1) is 29.0 Å². The second-order valence-corrected chi connectivity index (χ2v) is 9.35. The summed E-state index contributed by atoms with van der Waals surface area (Å²) in [7, 11) is 1.35. The zero-order chi connectivity index (χ0) is 24.4. The van der Waals surface area contributed by atoms with Gasteiger partial charge < -0.3 is 14.2 Å². The van der Waals surface area contributed by atoms with E-state index < -0.39 is 5.97 Å². The summed E-state index contributed by atoms with van der Waals surface area (Å²) < 4.78 is 7.12. The number of hydrogen-bond acceptors (Lipinski definition) is 3. The van der Waals surface area contributed by atoms with E-state index in [0.717, 1.165) is 41.9 Å². The third kappa shape index (κ3) is 4.49. The van der Waals surface area contributed by atoms with Gasteiger partial charge in [0.15, 0.2) is 0 Å². The average Bonchev–Trinajstić information content (AvgIpc) is 3.24. The lowest BCUT2D eigenvalue weighted by Crippen LogP contribution is -2.26. The van der Waals surface area contributed by atoms with Crippen LogP contribution < -0.4 is 0 Å². The van der Waals surface area contributed by atoms with Crippen LogP contribution in [0.25, 0.3) is 11.8 Å². The third-order valence-electron chi connectivity index (χ3n) is 6.81. The Kier molecular flexibility index (Phi) is 7.13. The van der Waals surface area contributed by atoms with E-state index >= 15 is 0 Å². The highest BCUT2D eigenvalue weighted by Gasteiger charge is 2.37. The molecule has 0 N–H and O–H groups in total. The quantitative estimate of drug-likeness (QED) is 0.277. The first kappa shape index (κ1) is 24.1. The Morgan fingerprint density at radius 3 is 2.62 bits per heavy atom. The topological polar surface area (TPSA) is 51.5 Å². The molecule has 2 aromatic rings. The zero-order valence-electron chi connectivity index (χ0n) is 20.3. The highest BCUT2D eigenvalue weighted by atomic mass is 35.5. The van der Waals surface area contributed by atoms with Gasteiger partial charge in [0.2, 0.25) is 0 Å². The van der Waals surface area contributed by atoms with Crippen molar-refractivity contribution in [3.63, 3.8) is 0 Å². The molecule has 2 heterocycles. The first-order chi connectivity index (χ1) is 16.3. The maximum Gasteiger partial charge on any atom is 0.340 e. The summed E-state index contributed by atoms with van der Waals surface area (Å²) in [6, 6.07) is 9.67. The number of rotatable bonds is 6. The average molecular weight is 479 g/mol. The molecule has 5 nitrogen and oxygen atoms in total. The lowest BCUT2D eigenvalue weighted by molar-refractivity contribution is -0.136. The van der Waals surface area contributed by atoms with Gasteiger partial charge in [0.25, 0.3) is 5.91 Å². The van der Waals surface area contributed by atoms with Crippen LogP contribution in [0.3, 0.4) is 0 Å². The molecule has 1 aromatic carbocycles. The number of esters is 1. The summed E-state index contributed by atoms with van der Waals surface area (Å²) >= 11 is 6.46. The Morgan fingerprint density at radius 2 is 1.94 bits per heavy atom. The first-order valence-corrected chi connectivity index (χ1v) is 12.2. The number of carbonyl (C=O) groups excluding carboxylic acids is 2. The predicted molar refractivity (Wildman–Crippen MR) is 136 cm³/mol. The highest BCUT2D eigenvalue weighted by Crippen LogP contribution is 2.34. The Hall–Kier alpha value is -3.05. The van der Waals surface area contributed by atoms with E-state index in [-0.39, 0.29) is 5.91 Å². The van der Waals surface area contributed by atoms with Crippen molar-refractivity contribution in [2.45, 2.75) is 52.9 Å². The number of hydrogen-bond donors (Lipinski definition) is 0. The number of aromatic nitrogens is 1. The van der Waals surface area contributed by atoms with Crippen molar-refractivity contribution in [3.8, 4) is 5.69 Å². The number of allylic oxidation sites excluding steroid dienone is 2. The molecule has 4 rings (SSSR count). The number of para-hydroxylation sites is 1. The minimum absolute atomic E-state index is 0.156. The van der Waals surface area contributed by atoms with Crippen molar-refractivity contribution in [2.75, 3.05) is 13.7 Å². The van der Waals surface area contributed by atoms with Crippen LogP contribution in [0, 0.1) is 13.8 Å². The summed E-state index contributed by atoms with van der Waals surface area (Å²) in [5, 5.41) is 0.648. The van der Waals surface area contributed by atoms with Gasteiger partial charge >= 0.3 is 5.97 Å². The largest absolute Gasteiger partial charge is 0.465 e. The van der Waals surface area contributed by atoms with E-state index in [1.165, 1.54) is 25.5 Å². The highest BCUT2D eigenvalue weighted by molar-refractivity contribution is 6.32. The molecule has 0 saturated carbocycles. The van der Waals surface area contributed by atoms with Gasteiger partial charge in [-0.1, -0.05) is 35.4 Å². The van der Waals surface area contributed by atoms with Gasteiger partial charge in [-0.15, -0.1) is 0 Å². The van der Waals surface area contributed by atoms with Crippen molar-refractivity contribution < 1.29 is 14.3 Å². The minimum Gasteiger partial charge on any atom is -0.465 e. The first-order valence-electron chi connectivity index (χ1n) is 11.8. The van der Waals surface area contributed by atoms with Crippen LogP contribution in [0.4, 0.5) is 0 Å². The molecular weight excluding hydrogens is 448 g/mol. The van der Waals surface area contributed by atoms with Crippen LogP contribution in [0.5, 0.6) is 0 Å². The van der Waals surface area contributed by atoms with Crippen molar-refractivity contribution in [2.24, 2.45) is 0 Å². The number of halogens is 1. The fourth-order valence-electron chi connectivity index (χ4n) is 4.98. The summed E-state index contributed by atoms with van der Waals surface area (Å²) in [5.41, 5.74) is 6.44. The zero-order valence-corrected chi connectivity index (χ0v) is 21.0. The van der Waals surface area contributed by atoms with Gasteiger partial charge in [-0.25, -0.2) is 4.79 Å². The number of amides is 1. The molecule has 178 valence electrons. The molecule has 0 bridgehead atoms. The Balaban J connectivity index is 1.71. The smallest absolute Gasteiger partial charge is 0.340 e. The molecular formula is C28H31ClN2O3. The second-order valence-electron chi connectivity index (χ2n) is 8.94. The molecule has 6 heteroatoms. The van der Waals surface area contributed by atoms with Gasteiger partial charge in [0, 0.05) is 23.6 Å². The van der Waals surface area contributed by atoms with E-state index in [4.69, 9.17) is 16.3 Å². The van der Waals surface area contributed by atoms with E-state index in [9.17, 15) is 9.59 Å². The Bertz CT molecular complexity index is 1230. The fraction of sp³-hybridized carbons (Fsp3) is 0.357. The van der Waals surface area contributed by atoms with E-state index in [0.29, 0.717) is 28.4 Å². The van der Waals surface area contributed by atoms with Crippen LogP contribution in [0.15, 0.2) is 58.8 Å². The summed E-state index contributed by atoms with van der Waals surface area (Å²) in [6.07, 6.45) is 9.57. The monoisotopic (exact) mass is 478 g/mol. The standard InChI is InChI=1S/C28H31ClN2O3/c1-18-16-22(19(2)31(18)25-13-9-8-12-24(25)29)17-23-26(28(33)34-4)20(3)30(27(23)32)15-14-21-10-6-5-7-11-21/h8-10,12-13,16-17H,5-7,11,14-15H2,1-4H3/b23-17-. The Morgan fingerprint density at radius 1 is 1.18 bits per heavy atom. The number of nitrogens with zero attached hydrogens (tertiary/aromatic N) is 2. The molecule has 0 radical (unpaired) electrons. The molecule has 1 aliphatic heterocycles. The lowest BCUT2D eigenvalue weighted by Gasteiger charge is -2.20. The number of aryl methyl sites for hydroxylation is 1. The molecule has 0 atom stereocenters.